The van der Waals surface area contributed by atoms with Crippen LogP contribution in [-0.2, 0) is 10.0 Å². The van der Waals surface area contributed by atoms with Crippen molar-refractivity contribution in [2.45, 2.75) is 4.90 Å². The Morgan fingerprint density at radius 2 is 1.87 bits per heavy atom. The Morgan fingerprint density at radius 3 is 2.53 bits per heavy atom. The Kier molecular flexibility index (Phi) is 6.33. The van der Waals surface area contributed by atoms with Crippen LogP contribution >= 0.6 is 11.3 Å². The number of methoxy groups -OCH3 is 2. The molecule has 158 valence electrons. The SMILES string of the molecule is C=CCNC(=O)c1cc2cc(N(C)S(=O)(=O)c3ccc(OC)c(OC)c3)ccc2s1. The van der Waals surface area contributed by atoms with E-state index in [1.807, 2.05) is 0 Å². The Hall–Kier alpha value is -3.04. The first-order valence-electron chi connectivity index (χ1n) is 8.95. The number of carbonyl (C=O) groups excluding carboxylic acids is 1. The van der Waals surface area contributed by atoms with Gasteiger partial charge in [-0.15, -0.1) is 17.9 Å². The number of benzene rings is 2. The van der Waals surface area contributed by atoms with Crippen LogP contribution in [0.2, 0.25) is 0 Å². The smallest absolute Gasteiger partial charge is 0.264 e. The summed E-state index contributed by atoms with van der Waals surface area (Å²) in [6, 6.07) is 11.5. The molecule has 9 heteroatoms. The number of fused-ring (bicyclic) bond motifs is 1. The number of carbonyl (C=O) groups is 1. The molecule has 30 heavy (non-hydrogen) atoms. The van der Waals surface area contributed by atoms with E-state index < -0.39 is 10.0 Å². The average molecular weight is 447 g/mol. The van der Waals surface area contributed by atoms with Crippen LogP contribution in [0.1, 0.15) is 9.67 Å². The van der Waals surface area contributed by atoms with Gasteiger partial charge in [-0.3, -0.25) is 9.10 Å². The first-order chi connectivity index (χ1) is 14.3. The second kappa shape index (κ2) is 8.76. The van der Waals surface area contributed by atoms with E-state index in [9.17, 15) is 13.2 Å². The van der Waals surface area contributed by atoms with Crippen molar-refractivity contribution in [2.24, 2.45) is 0 Å². The minimum atomic E-state index is -3.83. The van der Waals surface area contributed by atoms with Gasteiger partial charge < -0.3 is 14.8 Å². The summed E-state index contributed by atoms with van der Waals surface area (Å²) >= 11 is 1.34. The molecule has 0 bridgehead atoms. The molecule has 0 aliphatic rings. The molecule has 1 N–H and O–H groups in total. The van der Waals surface area contributed by atoms with Gasteiger partial charge in [-0.2, -0.15) is 0 Å². The van der Waals surface area contributed by atoms with Crippen molar-refractivity contribution in [1.29, 1.82) is 0 Å². The van der Waals surface area contributed by atoms with Crippen LogP contribution in [0.15, 0.2) is 60.0 Å². The third kappa shape index (κ3) is 4.12. The van der Waals surface area contributed by atoms with Crippen LogP contribution in [0.5, 0.6) is 11.5 Å². The lowest BCUT2D eigenvalue weighted by molar-refractivity contribution is 0.0962. The molecule has 3 rings (SSSR count). The number of ether oxygens (including phenoxy) is 2. The van der Waals surface area contributed by atoms with E-state index in [-0.39, 0.29) is 10.8 Å². The molecule has 2 aromatic carbocycles. The number of anilines is 1. The molecule has 0 aliphatic carbocycles. The van der Waals surface area contributed by atoms with Crippen LogP contribution in [-0.4, -0.2) is 42.1 Å². The standard InChI is InChI=1S/C21H22N2O5S2/c1-5-10-22-21(24)20-12-14-11-15(6-9-19(14)29-20)23(2)30(25,26)16-7-8-17(27-3)18(13-16)28-4/h5-9,11-13H,1,10H2,2-4H3,(H,22,24). The fourth-order valence-corrected chi connectivity index (χ4v) is 5.03. The maximum atomic E-state index is 13.1. The van der Waals surface area contributed by atoms with Gasteiger partial charge in [-0.1, -0.05) is 6.08 Å². The molecule has 0 aliphatic heterocycles. The first-order valence-corrected chi connectivity index (χ1v) is 11.2. The second-order valence-corrected chi connectivity index (χ2v) is 9.37. The summed E-state index contributed by atoms with van der Waals surface area (Å²) in [7, 11) is 0.590. The summed E-state index contributed by atoms with van der Waals surface area (Å²) in [4.78, 5) is 12.8. The normalized spacial score (nSPS) is 11.2. The Labute approximate surface area is 179 Å². The van der Waals surface area contributed by atoms with Crippen LogP contribution in [0.3, 0.4) is 0 Å². The van der Waals surface area contributed by atoms with E-state index in [2.05, 4.69) is 11.9 Å². The molecule has 0 atom stereocenters. The van der Waals surface area contributed by atoms with Crippen LogP contribution in [0.4, 0.5) is 5.69 Å². The van der Waals surface area contributed by atoms with Gasteiger partial charge in [-0.05, 0) is 41.8 Å². The molecule has 1 aromatic heterocycles. The summed E-state index contributed by atoms with van der Waals surface area (Å²) in [6.07, 6.45) is 1.61. The van der Waals surface area contributed by atoms with Gasteiger partial charge >= 0.3 is 0 Å². The highest BCUT2D eigenvalue weighted by molar-refractivity contribution is 7.92. The summed E-state index contributed by atoms with van der Waals surface area (Å²) in [5.41, 5.74) is 0.480. The Morgan fingerprint density at radius 1 is 1.13 bits per heavy atom. The zero-order chi connectivity index (χ0) is 21.9. The van der Waals surface area contributed by atoms with E-state index in [0.717, 1.165) is 10.1 Å². The van der Waals surface area contributed by atoms with Crippen LogP contribution in [0.25, 0.3) is 10.1 Å². The summed E-state index contributed by atoms with van der Waals surface area (Å²) < 4.78 is 38.7. The van der Waals surface area contributed by atoms with Crippen molar-refractivity contribution in [3.05, 3.63) is 60.0 Å². The molecule has 0 fully saturated rings. The van der Waals surface area contributed by atoms with Crippen LogP contribution < -0.4 is 19.1 Å². The largest absolute Gasteiger partial charge is 0.493 e. The fraction of sp³-hybridized carbons (Fsp3) is 0.190. The third-order valence-electron chi connectivity index (χ3n) is 4.51. The highest BCUT2D eigenvalue weighted by atomic mass is 32.2. The highest BCUT2D eigenvalue weighted by Crippen LogP contribution is 2.34. The lowest BCUT2D eigenvalue weighted by atomic mass is 10.2. The van der Waals surface area contributed by atoms with Gasteiger partial charge in [0.15, 0.2) is 11.5 Å². The van der Waals surface area contributed by atoms with Gasteiger partial charge in [0.05, 0.1) is 29.7 Å². The summed E-state index contributed by atoms with van der Waals surface area (Å²) in [5, 5.41) is 3.53. The molecule has 7 nitrogen and oxygen atoms in total. The van der Waals surface area contributed by atoms with Crippen molar-refractivity contribution >= 4 is 43.0 Å². The summed E-state index contributed by atoms with van der Waals surface area (Å²) in [5.74, 6) is 0.584. The number of nitrogens with one attached hydrogen (secondary N) is 1. The third-order valence-corrected chi connectivity index (χ3v) is 7.40. The number of hydrogen-bond acceptors (Lipinski definition) is 6. The van der Waals surface area contributed by atoms with Crippen molar-refractivity contribution < 1.29 is 22.7 Å². The molecular weight excluding hydrogens is 424 g/mol. The number of rotatable bonds is 8. The lowest BCUT2D eigenvalue weighted by Gasteiger charge is -2.20. The van der Waals surface area contributed by atoms with Gasteiger partial charge in [0, 0.05) is 24.4 Å². The lowest BCUT2D eigenvalue weighted by Crippen LogP contribution is -2.26. The van der Waals surface area contributed by atoms with E-state index in [0.29, 0.717) is 28.6 Å². The highest BCUT2D eigenvalue weighted by Gasteiger charge is 2.23. The van der Waals surface area contributed by atoms with Gasteiger partial charge in [0.2, 0.25) is 0 Å². The van der Waals surface area contributed by atoms with Gasteiger partial charge in [0.1, 0.15) is 0 Å². The number of hydrogen-bond donors (Lipinski definition) is 1. The summed E-state index contributed by atoms with van der Waals surface area (Å²) in [6.45, 7) is 3.96. The minimum Gasteiger partial charge on any atom is -0.493 e. The number of thiophene rings is 1. The zero-order valence-corrected chi connectivity index (χ0v) is 18.5. The van der Waals surface area contributed by atoms with Crippen molar-refractivity contribution in [3.63, 3.8) is 0 Å². The molecule has 1 amide bonds. The topological polar surface area (TPSA) is 84.9 Å². The monoisotopic (exact) mass is 446 g/mol. The van der Waals surface area contributed by atoms with Gasteiger partial charge in [-0.25, -0.2) is 8.42 Å². The quantitative estimate of drug-likeness (QED) is 0.534. The molecular formula is C21H22N2O5S2. The van der Waals surface area contributed by atoms with E-state index >= 15 is 0 Å². The number of amides is 1. The molecule has 1 heterocycles. The second-order valence-electron chi connectivity index (χ2n) is 6.32. The van der Waals surface area contributed by atoms with Crippen molar-refractivity contribution in [3.8, 4) is 11.5 Å². The first kappa shape index (κ1) is 21.7. The number of sulfonamides is 1. The molecule has 0 unspecified atom stereocenters. The zero-order valence-electron chi connectivity index (χ0n) is 16.8. The Bertz CT molecular complexity index is 1200. The van der Waals surface area contributed by atoms with E-state index in [1.165, 1.54) is 49.0 Å². The number of nitrogens with zero attached hydrogens (tertiary/aromatic N) is 1. The molecule has 0 radical (unpaired) electrons. The van der Waals surface area contributed by atoms with Crippen molar-refractivity contribution in [2.75, 3.05) is 32.1 Å². The van der Waals surface area contributed by atoms with Crippen molar-refractivity contribution in [1.82, 2.24) is 5.32 Å². The minimum absolute atomic E-state index is 0.0811. The van der Waals surface area contributed by atoms with Crippen LogP contribution in [0, 0.1) is 0 Å². The molecule has 0 spiro atoms. The molecule has 0 saturated heterocycles. The maximum Gasteiger partial charge on any atom is 0.264 e. The van der Waals surface area contributed by atoms with E-state index in [1.54, 1.807) is 36.4 Å². The Balaban J connectivity index is 1.94. The fourth-order valence-electron chi connectivity index (χ4n) is 2.86. The maximum absolute atomic E-state index is 13.1. The predicted octanol–water partition coefficient (Wildman–Crippen LogP) is 3.66. The molecule has 3 aromatic rings. The predicted molar refractivity (Wildman–Crippen MR) is 119 cm³/mol. The average Bonchev–Trinajstić information content (AvgIpc) is 3.19. The van der Waals surface area contributed by atoms with Gasteiger partial charge in [0.25, 0.3) is 15.9 Å². The van der Waals surface area contributed by atoms with E-state index in [4.69, 9.17) is 9.47 Å². The molecule has 0 saturated carbocycles.